The number of aryl methyl sites for hydroxylation is 1. The number of aliphatic hydroxyl groups is 1. The van der Waals surface area contributed by atoms with Crippen molar-refractivity contribution in [1.82, 2.24) is 4.72 Å². The van der Waals surface area contributed by atoms with Crippen molar-refractivity contribution in [3.8, 4) is 0 Å². The Bertz CT molecular complexity index is 552. The molecular weight excluding hydrogens is 318 g/mol. The molecule has 0 aliphatic heterocycles. The van der Waals surface area contributed by atoms with Crippen LogP contribution < -0.4 is 4.72 Å². The molecule has 1 aliphatic carbocycles. The molecule has 1 saturated carbocycles. The van der Waals surface area contributed by atoms with E-state index in [-0.39, 0.29) is 16.9 Å². The van der Waals surface area contributed by atoms with E-state index in [0.29, 0.717) is 12.1 Å². The third kappa shape index (κ3) is 2.93. The van der Waals surface area contributed by atoms with Crippen molar-refractivity contribution < 1.29 is 13.5 Å². The topological polar surface area (TPSA) is 66.4 Å². The number of sulfonamides is 1. The van der Waals surface area contributed by atoms with Crippen LogP contribution in [0.4, 0.5) is 0 Å². The largest absolute Gasteiger partial charge is 0.396 e. The molecule has 0 radical (unpaired) electrons. The second-order valence-electron chi connectivity index (χ2n) is 4.89. The summed E-state index contributed by atoms with van der Waals surface area (Å²) in [5.74, 6) is 0. The van der Waals surface area contributed by atoms with Crippen molar-refractivity contribution in [3.63, 3.8) is 0 Å². The molecule has 0 amide bonds. The van der Waals surface area contributed by atoms with Crippen LogP contribution >= 0.6 is 15.9 Å². The van der Waals surface area contributed by atoms with Gasteiger partial charge in [-0.2, -0.15) is 0 Å². The number of hydrogen-bond acceptors (Lipinski definition) is 3. The van der Waals surface area contributed by atoms with Gasteiger partial charge in [0, 0.05) is 23.0 Å². The minimum Gasteiger partial charge on any atom is -0.396 e. The van der Waals surface area contributed by atoms with Gasteiger partial charge in [0.05, 0.1) is 4.90 Å². The normalized spacial score (nSPS) is 17.7. The van der Waals surface area contributed by atoms with Crippen molar-refractivity contribution >= 4 is 26.0 Å². The van der Waals surface area contributed by atoms with Crippen LogP contribution in [0.3, 0.4) is 0 Å². The van der Waals surface area contributed by atoms with Gasteiger partial charge in [-0.15, -0.1) is 0 Å². The zero-order valence-electron chi connectivity index (χ0n) is 10.1. The Morgan fingerprint density at radius 3 is 2.67 bits per heavy atom. The van der Waals surface area contributed by atoms with Gasteiger partial charge in [-0.25, -0.2) is 13.1 Å². The lowest BCUT2D eigenvalue weighted by Gasteiger charge is -2.14. The van der Waals surface area contributed by atoms with E-state index in [1.165, 1.54) is 0 Å². The quantitative estimate of drug-likeness (QED) is 0.863. The predicted octanol–water partition coefficient (Wildman–Crippen LogP) is 1.81. The number of halogens is 1. The fraction of sp³-hybridized carbons (Fsp3) is 0.500. The van der Waals surface area contributed by atoms with Gasteiger partial charge in [0.1, 0.15) is 0 Å². The number of nitrogens with one attached hydrogen (secondary N) is 1. The zero-order valence-corrected chi connectivity index (χ0v) is 12.5. The number of benzene rings is 1. The first-order valence-corrected chi connectivity index (χ1v) is 8.03. The molecule has 0 atom stereocenters. The van der Waals surface area contributed by atoms with E-state index in [1.54, 1.807) is 19.1 Å². The summed E-state index contributed by atoms with van der Waals surface area (Å²) in [5.41, 5.74) is 0.479. The van der Waals surface area contributed by atoms with E-state index in [0.717, 1.165) is 17.3 Å². The smallest absolute Gasteiger partial charge is 0.240 e. The van der Waals surface area contributed by atoms with E-state index >= 15 is 0 Å². The van der Waals surface area contributed by atoms with Crippen molar-refractivity contribution in [1.29, 1.82) is 0 Å². The molecule has 4 nitrogen and oxygen atoms in total. The van der Waals surface area contributed by atoms with Gasteiger partial charge in [0.2, 0.25) is 10.0 Å². The molecule has 0 saturated heterocycles. The van der Waals surface area contributed by atoms with Crippen LogP contribution in [-0.4, -0.2) is 26.7 Å². The van der Waals surface area contributed by atoms with E-state index in [1.807, 2.05) is 6.07 Å². The Labute approximate surface area is 116 Å². The van der Waals surface area contributed by atoms with Crippen LogP contribution in [0.15, 0.2) is 27.6 Å². The maximum absolute atomic E-state index is 12.2. The van der Waals surface area contributed by atoms with Crippen LogP contribution in [0.25, 0.3) is 0 Å². The van der Waals surface area contributed by atoms with Gasteiger partial charge in [0.25, 0.3) is 0 Å². The van der Waals surface area contributed by atoms with Crippen molar-refractivity contribution in [2.45, 2.75) is 24.7 Å². The highest BCUT2D eigenvalue weighted by atomic mass is 79.9. The average molecular weight is 334 g/mol. The van der Waals surface area contributed by atoms with Crippen molar-refractivity contribution in [3.05, 3.63) is 28.2 Å². The molecule has 18 heavy (non-hydrogen) atoms. The van der Waals surface area contributed by atoms with Gasteiger partial charge >= 0.3 is 0 Å². The van der Waals surface area contributed by atoms with Crippen LogP contribution in [0.1, 0.15) is 18.4 Å². The third-order valence-corrected chi connectivity index (χ3v) is 5.41. The van der Waals surface area contributed by atoms with Crippen LogP contribution in [0.5, 0.6) is 0 Å². The summed E-state index contributed by atoms with van der Waals surface area (Å²) in [6.07, 6.45) is 1.76. The van der Waals surface area contributed by atoms with E-state index in [2.05, 4.69) is 20.7 Å². The summed E-state index contributed by atoms with van der Waals surface area (Å²) in [4.78, 5) is 0.283. The first-order chi connectivity index (χ1) is 8.38. The summed E-state index contributed by atoms with van der Waals surface area (Å²) >= 11 is 3.27. The minimum atomic E-state index is -3.51. The van der Waals surface area contributed by atoms with E-state index in [9.17, 15) is 13.5 Å². The van der Waals surface area contributed by atoms with Crippen molar-refractivity contribution in [2.24, 2.45) is 5.41 Å². The Kier molecular flexibility index (Phi) is 3.82. The Morgan fingerprint density at radius 1 is 1.44 bits per heavy atom. The van der Waals surface area contributed by atoms with Gasteiger partial charge < -0.3 is 5.11 Å². The Hall–Kier alpha value is -0.430. The molecule has 1 fully saturated rings. The van der Waals surface area contributed by atoms with E-state index < -0.39 is 10.0 Å². The highest BCUT2D eigenvalue weighted by Crippen LogP contribution is 2.44. The Morgan fingerprint density at radius 2 is 2.11 bits per heavy atom. The lowest BCUT2D eigenvalue weighted by Crippen LogP contribution is -2.32. The number of aliphatic hydroxyl groups excluding tert-OH is 1. The summed E-state index contributed by atoms with van der Waals surface area (Å²) < 4.78 is 27.7. The van der Waals surface area contributed by atoms with Gasteiger partial charge in [0.15, 0.2) is 0 Å². The monoisotopic (exact) mass is 333 g/mol. The van der Waals surface area contributed by atoms with Crippen molar-refractivity contribution in [2.75, 3.05) is 13.2 Å². The molecule has 0 spiro atoms. The number of rotatable bonds is 5. The third-order valence-electron chi connectivity index (χ3n) is 3.37. The zero-order chi connectivity index (χ0) is 13.4. The molecule has 2 N–H and O–H groups in total. The summed E-state index contributed by atoms with van der Waals surface area (Å²) in [6, 6.07) is 5.16. The van der Waals surface area contributed by atoms with Gasteiger partial charge in [-0.3, -0.25) is 0 Å². The van der Waals surface area contributed by atoms with Gasteiger partial charge in [-0.05, 0) is 37.5 Å². The molecule has 0 heterocycles. The van der Waals surface area contributed by atoms with Crippen LogP contribution in [0, 0.1) is 12.3 Å². The SMILES string of the molecule is Cc1ccc(Br)cc1S(=O)(=O)NCC1(CO)CC1. The molecule has 100 valence electrons. The fourth-order valence-corrected chi connectivity index (χ4v) is 3.70. The summed E-state index contributed by atoms with van der Waals surface area (Å²) in [7, 11) is -3.51. The molecular formula is C12H16BrNO3S. The number of hydrogen-bond donors (Lipinski definition) is 2. The molecule has 2 rings (SSSR count). The van der Waals surface area contributed by atoms with Crippen LogP contribution in [0.2, 0.25) is 0 Å². The first-order valence-electron chi connectivity index (χ1n) is 5.75. The molecule has 0 aromatic heterocycles. The fourth-order valence-electron chi connectivity index (χ4n) is 1.76. The standard InChI is InChI=1S/C12H16BrNO3S/c1-9-2-3-10(13)6-11(9)18(16,17)14-7-12(8-15)4-5-12/h2-3,6,14-15H,4-5,7-8H2,1H3. The van der Waals surface area contributed by atoms with Gasteiger partial charge in [-0.1, -0.05) is 22.0 Å². The molecule has 6 heteroatoms. The maximum Gasteiger partial charge on any atom is 0.240 e. The van der Waals surface area contributed by atoms with E-state index in [4.69, 9.17) is 0 Å². The average Bonchev–Trinajstić information content (AvgIpc) is 3.11. The molecule has 1 aliphatic rings. The highest BCUT2D eigenvalue weighted by molar-refractivity contribution is 9.10. The molecule has 1 aromatic carbocycles. The minimum absolute atomic E-state index is 0.0347. The predicted molar refractivity (Wildman–Crippen MR) is 72.8 cm³/mol. The molecule has 0 bridgehead atoms. The molecule has 0 unspecified atom stereocenters. The lowest BCUT2D eigenvalue weighted by atomic mass is 10.1. The van der Waals surface area contributed by atoms with Crippen LogP contribution in [-0.2, 0) is 10.0 Å². The summed E-state index contributed by atoms with van der Waals surface area (Å²) in [6.45, 7) is 2.10. The second kappa shape index (κ2) is 4.92. The second-order valence-corrected chi connectivity index (χ2v) is 7.54. The molecule has 1 aromatic rings. The highest BCUT2D eigenvalue weighted by Gasteiger charge is 2.42. The summed E-state index contributed by atoms with van der Waals surface area (Å²) in [5, 5.41) is 9.18. The first kappa shape index (κ1) is 14.0. The maximum atomic E-state index is 12.2. The lowest BCUT2D eigenvalue weighted by molar-refractivity contribution is 0.213. The Balaban J connectivity index is 2.18.